The van der Waals surface area contributed by atoms with Crippen molar-refractivity contribution in [1.82, 2.24) is 0 Å². The third-order valence-electron chi connectivity index (χ3n) is 3.82. The van der Waals surface area contributed by atoms with Gasteiger partial charge in [-0.25, -0.2) is 0 Å². The summed E-state index contributed by atoms with van der Waals surface area (Å²) >= 11 is 2.31. The van der Waals surface area contributed by atoms with Crippen LogP contribution in [0.15, 0.2) is 47.5 Å². The molecule has 0 N–H and O–H groups in total. The maximum absolute atomic E-state index is 5.41. The molecule has 0 aliphatic carbocycles. The molecule has 0 atom stereocenters. The van der Waals surface area contributed by atoms with Crippen LogP contribution in [0.25, 0.3) is 0 Å². The van der Waals surface area contributed by atoms with Gasteiger partial charge in [0.1, 0.15) is 0 Å². The quantitative estimate of drug-likeness (QED) is 0.564. The summed E-state index contributed by atoms with van der Waals surface area (Å²) in [5.74, 6) is 0. The summed E-state index contributed by atoms with van der Waals surface area (Å²) in [5.41, 5.74) is 4.70. The zero-order chi connectivity index (χ0) is 15.4. The van der Waals surface area contributed by atoms with Gasteiger partial charge in [0.15, 0.2) is 0 Å². The van der Waals surface area contributed by atoms with E-state index in [1.54, 1.807) is 0 Å². The number of halogens is 1. The molecule has 0 aromatic heterocycles. The van der Waals surface area contributed by atoms with E-state index in [4.69, 9.17) is 4.74 Å². The molecule has 2 aromatic rings. The maximum atomic E-state index is 5.41. The smallest absolute Gasteiger partial charge is 0.0763 e. The number of aliphatic imine (C=N–C) groups is 1. The average molecular weight is 406 g/mol. The van der Waals surface area contributed by atoms with Gasteiger partial charge >= 0.3 is 0 Å². The van der Waals surface area contributed by atoms with Crippen LogP contribution < -0.4 is 4.90 Å². The van der Waals surface area contributed by atoms with Crippen LogP contribution >= 0.6 is 22.6 Å². The summed E-state index contributed by atoms with van der Waals surface area (Å²) in [6, 6.07) is 14.7. The second-order valence-corrected chi connectivity index (χ2v) is 6.51. The molecule has 1 fully saturated rings. The number of hydrogen-bond acceptors (Lipinski definition) is 3. The Morgan fingerprint density at radius 3 is 2.64 bits per heavy atom. The fourth-order valence-electron chi connectivity index (χ4n) is 2.52. The molecule has 0 saturated carbocycles. The lowest BCUT2D eigenvalue weighted by molar-refractivity contribution is 0.122. The molecule has 2 aromatic carbocycles. The lowest BCUT2D eigenvalue weighted by atomic mass is 10.1. The van der Waals surface area contributed by atoms with Crippen molar-refractivity contribution < 1.29 is 4.74 Å². The molecule has 0 unspecified atom stereocenters. The molecule has 0 spiro atoms. The third-order valence-corrected chi connectivity index (χ3v) is 4.74. The Balaban J connectivity index is 1.79. The van der Waals surface area contributed by atoms with Crippen LogP contribution in [-0.2, 0) is 4.74 Å². The largest absolute Gasteiger partial charge is 0.378 e. The molecular weight excluding hydrogens is 387 g/mol. The summed E-state index contributed by atoms with van der Waals surface area (Å²) in [6.45, 7) is 5.70. The van der Waals surface area contributed by atoms with E-state index in [2.05, 4.69) is 63.7 Å². The van der Waals surface area contributed by atoms with E-state index in [0.717, 1.165) is 37.6 Å². The first kappa shape index (κ1) is 15.5. The van der Waals surface area contributed by atoms with Gasteiger partial charge in [-0.05, 0) is 64.9 Å². The lowest BCUT2D eigenvalue weighted by Crippen LogP contribution is -2.36. The molecule has 1 heterocycles. The molecule has 0 bridgehead atoms. The molecule has 22 heavy (non-hydrogen) atoms. The second-order valence-electron chi connectivity index (χ2n) is 5.35. The average Bonchev–Trinajstić information content (AvgIpc) is 2.56. The number of ether oxygens (including phenoxy) is 1. The summed E-state index contributed by atoms with van der Waals surface area (Å²) in [7, 11) is 0. The van der Waals surface area contributed by atoms with Crippen LogP contribution in [0.2, 0.25) is 0 Å². The Kier molecular flexibility index (Phi) is 5.10. The zero-order valence-electron chi connectivity index (χ0n) is 12.6. The zero-order valence-corrected chi connectivity index (χ0v) is 14.8. The molecule has 3 nitrogen and oxygen atoms in total. The Morgan fingerprint density at radius 2 is 1.91 bits per heavy atom. The number of morpholine rings is 1. The Bertz CT molecular complexity index is 679. The van der Waals surface area contributed by atoms with E-state index in [1.165, 1.54) is 14.8 Å². The highest BCUT2D eigenvalue weighted by Crippen LogP contribution is 2.22. The van der Waals surface area contributed by atoms with E-state index < -0.39 is 0 Å². The number of para-hydroxylation sites is 1. The molecule has 1 saturated heterocycles. The van der Waals surface area contributed by atoms with Gasteiger partial charge in [0, 0.05) is 28.6 Å². The van der Waals surface area contributed by atoms with Crippen molar-refractivity contribution in [2.75, 3.05) is 31.2 Å². The monoisotopic (exact) mass is 406 g/mol. The van der Waals surface area contributed by atoms with Crippen molar-refractivity contribution in [1.29, 1.82) is 0 Å². The maximum Gasteiger partial charge on any atom is 0.0763 e. The van der Waals surface area contributed by atoms with Crippen molar-refractivity contribution in [2.45, 2.75) is 6.92 Å². The molecule has 1 aliphatic rings. The standard InChI is InChI=1S/C18H19IN2O/c1-14-12-16(21-8-10-22-11-9-21)7-6-15(14)13-20-18-5-3-2-4-17(18)19/h2-7,12-13H,8-11H2,1H3. The highest BCUT2D eigenvalue weighted by atomic mass is 127. The first-order valence-electron chi connectivity index (χ1n) is 7.46. The summed E-state index contributed by atoms with van der Waals surface area (Å²) in [4.78, 5) is 6.99. The highest BCUT2D eigenvalue weighted by Gasteiger charge is 2.11. The van der Waals surface area contributed by atoms with Gasteiger partial charge in [-0.15, -0.1) is 0 Å². The van der Waals surface area contributed by atoms with Gasteiger partial charge in [0.05, 0.1) is 18.9 Å². The SMILES string of the molecule is Cc1cc(N2CCOCC2)ccc1C=Nc1ccccc1I. The first-order chi connectivity index (χ1) is 10.7. The Morgan fingerprint density at radius 1 is 1.14 bits per heavy atom. The van der Waals surface area contributed by atoms with Crippen LogP contribution in [0.1, 0.15) is 11.1 Å². The minimum Gasteiger partial charge on any atom is -0.378 e. The number of nitrogens with zero attached hydrogens (tertiary/aromatic N) is 2. The Labute approximate surface area is 145 Å². The van der Waals surface area contributed by atoms with Gasteiger partial charge in [-0.3, -0.25) is 4.99 Å². The van der Waals surface area contributed by atoms with Gasteiger partial charge in [0.25, 0.3) is 0 Å². The van der Waals surface area contributed by atoms with Crippen molar-refractivity contribution in [2.24, 2.45) is 4.99 Å². The minimum absolute atomic E-state index is 0.814. The van der Waals surface area contributed by atoms with Crippen LogP contribution in [0.3, 0.4) is 0 Å². The number of benzene rings is 2. The molecule has 0 radical (unpaired) electrons. The van der Waals surface area contributed by atoms with E-state index in [-0.39, 0.29) is 0 Å². The molecule has 0 amide bonds. The van der Waals surface area contributed by atoms with Gasteiger partial charge < -0.3 is 9.64 Å². The first-order valence-corrected chi connectivity index (χ1v) is 8.54. The lowest BCUT2D eigenvalue weighted by Gasteiger charge is -2.29. The van der Waals surface area contributed by atoms with E-state index >= 15 is 0 Å². The number of aryl methyl sites for hydroxylation is 1. The van der Waals surface area contributed by atoms with Crippen molar-refractivity contribution in [3.63, 3.8) is 0 Å². The summed E-state index contributed by atoms with van der Waals surface area (Å²) < 4.78 is 6.58. The molecular formula is C18H19IN2O. The van der Waals surface area contributed by atoms with Crippen molar-refractivity contribution in [3.05, 3.63) is 57.2 Å². The fraction of sp³-hybridized carbons (Fsp3) is 0.278. The molecule has 114 valence electrons. The van der Waals surface area contributed by atoms with Crippen molar-refractivity contribution >= 4 is 40.2 Å². The van der Waals surface area contributed by atoms with Crippen LogP contribution in [0.4, 0.5) is 11.4 Å². The normalized spacial score (nSPS) is 15.5. The number of hydrogen-bond donors (Lipinski definition) is 0. The van der Waals surface area contributed by atoms with E-state index in [0.29, 0.717) is 0 Å². The topological polar surface area (TPSA) is 24.8 Å². The number of anilines is 1. The van der Waals surface area contributed by atoms with Gasteiger partial charge in [-0.1, -0.05) is 18.2 Å². The predicted octanol–water partition coefficient (Wildman–Crippen LogP) is 4.19. The van der Waals surface area contributed by atoms with Gasteiger partial charge in [0.2, 0.25) is 0 Å². The number of rotatable bonds is 3. The van der Waals surface area contributed by atoms with Gasteiger partial charge in [-0.2, -0.15) is 0 Å². The third kappa shape index (κ3) is 3.67. The minimum atomic E-state index is 0.814. The highest BCUT2D eigenvalue weighted by molar-refractivity contribution is 14.1. The molecule has 3 rings (SSSR count). The van der Waals surface area contributed by atoms with E-state index in [1.807, 2.05) is 24.4 Å². The molecule has 4 heteroatoms. The molecule has 1 aliphatic heterocycles. The fourth-order valence-corrected chi connectivity index (χ4v) is 3.05. The van der Waals surface area contributed by atoms with Crippen LogP contribution in [0, 0.1) is 10.5 Å². The second kappa shape index (κ2) is 7.24. The summed E-state index contributed by atoms with van der Waals surface area (Å²) in [6.07, 6.45) is 1.95. The van der Waals surface area contributed by atoms with Crippen molar-refractivity contribution in [3.8, 4) is 0 Å². The van der Waals surface area contributed by atoms with E-state index in [9.17, 15) is 0 Å². The van der Waals surface area contributed by atoms with Crippen LogP contribution in [-0.4, -0.2) is 32.5 Å². The predicted molar refractivity (Wildman–Crippen MR) is 101 cm³/mol. The Hall–Kier alpha value is -1.40. The van der Waals surface area contributed by atoms with Crippen LogP contribution in [0.5, 0.6) is 0 Å². The summed E-state index contributed by atoms with van der Waals surface area (Å²) in [5, 5.41) is 0.